The minimum absolute atomic E-state index is 0.187. The topological polar surface area (TPSA) is 69.8 Å². The maximum Gasteiger partial charge on any atom is 0.220 e. The molecule has 1 saturated carbocycles. The van der Waals surface area contributed by atoms with Gasteiger partial charge in [-0.1, -0.05) is 0 Å². The van der Waals surface area contributed by atoms with Gasteiger partial charge in [0.1, 0.15) is 5.82 Å². The summed E-state index contributed by atoms with van der Waals surface area (Å²) in [5.74, 6) is 1.12. The van der Waals surface area contributed by atoms with Crippen molar-refractivity contribution in [1.82, 2.24) is 20.6 Å². The molecular formula is C12H20N4O. The Morgan fingerprint density at radius 1 is 1.59 bits per heavy atom. The van der Waals surface area contributed by atoms with E-state index < -0.39 is 0 Å². The first kappa shape index (κ1) is 12.1. The van der Waals surface area contributed by atoms with Crippen molar-refractivity contribution in [2.45, 2.75) is 45.2 Å². The Bertz CT molecular complexity index is 370. The molecule has 94 valence electrons. The number of imidazole rings is 1. The van der Waals surface area contributed by atoms with Crippen LogP contribution in [0, 0.1) is 6.92 Å². The average Bonchev–Trinajstić information content (AvgIpc) is 3.00. The first-order valence-corrected chi connectivity index (χ1v) is 6.24. The molecule has 0 bridgehead atoms. The highest BCUT2D eigenvalue weighted by molar-refractivity contribution is 5.76. The maximum absolute atomic E-state index is 11.4. The van der Waals surface area contributed by atoms with Crippen LogP contribution < -0.4 is 10.6 Å². The van der Waals surface area contributed by atoms with E-state index in [2.05, 4.69) is 20.6 Å². The lowest BCUT2D eigenvalue weighted by molar-refractivity contribution is -0.121. The van der Waals surface area contributed by atoms with Gasteiger partial charge in [0.2, 0.25) is 5.91 Å². The lowest BCUT2D eigenvalue weighted by atomic mass is 10.3. The highest BCUT2D eigenvalue weighted by Gasteiger charge is 2.22. The molecule has 5 heteroatoms. The summed E-state index contributed by atoms with van der Waals surface area (Å²) in [5, 5.41) is 6.27. The monoisotopic (exact) mass is 236 g/mol. The molecule has 3 N–H and O–H groups in total. The zero-order valence-electron chi connectivity index (χ0n) is 10.3. The summed E-state index contributed by atoms with van der Waals surface area (Å²) in [7, 11) is 0. The Hall–Kier alpha value is -1.36. The number of nitrogens with zero attached hydrogens (tertiary/aromatic N) is 1. The largest absolute Gasteiger partial charge is 0.353 e. The third-order valence-corrected chi connectivity index (χ3v) is 2.77. The molecule has 1 aliphatic rings. The van der Waals surface area contributed by atoms with Crippen molar-refractivity contribution in [3.63, 3.8) is 0 Å². The Balaban J connectivity index is 1.49. The normalized spacial score (nSPS) is 14.9. The lowest BCUT2D eigenvalue weighted by Crippen LogP contribution is -2.26. The van der Waals surface area contributed by atoms with Crippen molar-refractivity contribution in [3.05, 3.63) is 17.7 Å². The van der Waals surface area contributed by atoms with E-state index in [1.54, 1.807) is 0 Å². The molecule has 1 aromatic rings. The molecule has 2 rings (SSSR count). The minimum atomic E-state index is 0.187. The highest BCUT2D eigenvalue weighted by Crippen LogP contribution is 2.18. The first-order chi connectivity index (χ1) is 8.24. The number of rotatable bonds is 7. The van der Waals surface area contributed by atoms with Crippen molar-refractivity contribution < 1.29 is 4.79 Å². The molecule has 0 unspecified atom stereocenters. The van der Waals surface area contributed by atoms with Gasteiger partial charge in [0.05, 0.1) is 0 Å². The molecule has 17 heavy (non-hydrogen) atoms. The second kappa shape index (κ2) is 5.82. The van der Waals surface area contributed by atoms with Gasteiger partial charge in [-0.05, 0) is 32.7 Å². The number of H-pyrrole nitrogens is 1. The van der Waals surface area contributed by atoms with Crippen molar-refractivity contribution in [1.29, 1.82) is 0 Å². The minimum Gasteiger partial charge on any atom is -0.353 e. The van der Waals surface area contributed by atoms with Crippen LogP contribution in [0.1, 0.15) is 37.2 Å². The molecule has 0 atom stereocenters. The highest BCUT2D eigenvalue weighted by atomic mass is 16.1. The van der Waals surface area contributed by atoms with E-state index in [0.29, 0.717) is 12.5 Å². The van der Waals surface area contributed by atoms with Crippen LogP contribution in [0.2, 0.25) is 0 Å². The predicted molar refractivity (Wildman–Crippen MR) is 65.4 cm³/mol. The number of hydrogen-bond donors (Lipinski definition) is 3. The van der Waals surface area contributed by atoms with Crippen LogP contribution in [-0.2, 0) is 11.3 Å². The third kappa shape index (κ3) is 4.56. The molecular weight excluding hydrogens is 216 g/mol. The van der Waals surface area contributed by atoms with E-state index in [-0.39, 0.29) is 5.91 Å². The van der Waals surface area contributed by atoms with Crippen LogP contribution in [0.4, 0.5) is 0 Å². The summed E-state index contributed by atoms with van der Waals surface area (Å²) in [6.07, 6.45) is 5.64. The smallest absolute Gasteiger partial charge is 0.220 e. The third-order valence-electron chi connectivity index (χ3n) is 2.77. The maximum atomic E-state index is 11.4. The van der Waals surface area contributed by atoms with Gasteiger partial charge in [0.15, 0.2) is 0 Å². The first-order valence-electron chi connectivity index (χ1n) is 6.24. The predicted octanol–water partition coefficient (Wildman–Crippen LogP) is 0.867. The van der Waals surface area contributed by atoms with Gasteiger partial charge in [-0.25, -0.2) is 4.98 Å². The van der Waals surface area contributed by atoms with Gasteiger partial charge in [-0.3, -0.25) is 4.79 Å². The second-order valence-electron chi connectivity index (χ2n) is 4.62. The van der Waals surface area contributed by atoms with Crippen molar-refractivity contribution >= 4 is 5.91 Å². The van der Waals surface area contributed by atoms with Gasteiger partial charge in [0.25, 0.3) is 0 Å². The van der Waals surface area contributed by atoms with Crippen molar-refractivity contribution in [2.75, 3.05) is 6.54 Å². The zero-order chi connectivity index (χ0) is 12.1. The fourth-order valence-corrected chi connectivity index (χ4v) is 1.69. The number of amides is 1. The summed E-state index contributed by atoms with van der Waals surface area (Å²) < 4.78 is 0. The van der Waals surface area contributed by atoms with E-state index >= 15 is 0 Å². The number of hydrogen-bond acceptors (Lipinski definition) is 3. The second-order valence-corrected chi connectivity index (χ2v) is 4.62. The lowest BCUT2D eigenvalue weighted by Gasteiger charge is -2.04. The van der Waals surface area contributed by atoms with E-state index in [1.165, 1.54) is 0 Å². The summed E-state index contributed by atoms with van der Waals surface area (Å²) in [6, 6.07) is 0.475. The molecule has 1 amide bonds. The van der Waals surface area contributed by atoms with Gasteiger partial charge >= 0.3 is 0 Å². The molecule has 1 fully saturated rings. The number of nitrogens with one attached hydrogen (secondary N) is 3. The van der Waals surface area contributed by atoms with E-state index in [1.807, 2.05) is 13.1 Å². The molecule has 0 saturated heterocycles. The molecule has 5 nitrogen and oxygen atoms in total. The van der Waals surface area contributed by atoms with Gasteiger partial charge in [0, 0.05) is 30.9 Å². The van der Waals surface area contributed by atoms with Crippen molar-refractivity contribution in [3.8, 4) is 0 Å². The Kier molecular flexibility index (Phi) is 4.14. The Labute approximate surface area is 101 Å². The summed E-state index contributed by atoms with van der Waals surface area (Å²) in [4.78, 5) is 18.7. The molecule has 0 radical (unpaired) electrons. The number of carbonyl (C=O) groups excluding carboxylic acids is 1. The fraction of sp³-hybridized carbons (Fsp3) is 0.667. The number of aryl methyl sites for hydroxylation is 1. The molecule has 1 heterocycles. The van der Waals surface area contributed by atoms with Crippen molar-refractivity contribution in [2.24, 2.45) is 0 Å². The molecule has 0 aromatic carbocycles. The fourth-order valence-electron chi connectivity index (χ4n) is 1.69. The van der Waals surface area contributed by atoms with Crippen LogP contribution >= 0.6 is 0 Å². The number of aromatic amines is 1. The average molecular weight is 236 g/mol. The summed E-state index contributed by atoms with van der Waals surface area (Å²) in [6.45, 7) is 3.58. The molecule has 1 aliphatic carbocycles. The zero-order valence-corrected chi connectivity index (χ0v) is 10.3. The molecule has 1 aromatic heterocycles. The molecule has 0 spiro atoms. The van der Waals surface area contributed by atoms with Crippen LogP contribution in [-0.4, -0.2) is 28.5 Å². The standard InChI is InChI=1S/C12H20N4O/c1-9-14-8-11(15-9)7-13-6-2-3-12(17)16-10-4-5-10/h8,10,13H,2-7H2,1H3,(H,14,15)(H,16,17). The van der Waals surface area contributed by atoms with Gasteiger partial charge < -0.3 is 15.6 Å². The van der Waals surface area contributed by atoms with Crippen LogP contribution in [0.3, 0.4) is 0 Å². The van der Waals surface area contributed by atoms with Gasteiger partial charge in [-0.15, -0.1) is 0 Å². The molecule has 0 aliphatic heterocycles. The summed E-state index contributed by atoms with van der Waals surface area (Å²) in [5.41, 5.74) is 1.09. The number of carbonyl (C=O) groups is 1. The number of aromatic nitrogens is 2. The van der Waals surface area contributed by atoms with E-state index in [9.17, 15) is 4.79 Å². The summed E-state index contributed by atoms with van der Waals surface area (Å²) >= 11 is 0. The Morgan fingerprint density at radius 3 is 3.06 bits per heavy atom. The van der Waals surface area contributed by atoms with Crippen LogP contribution in [0.25, 0.3) is 0 Å². The van der Waals surface area contributed by atoms with E-state index in [4.69, 9.17) is 0 Å². The quantitative estimate of drug-likeness (QED) is 0.615. The van der Waals surface area contributed by atoms with Crippen LogP contribution in [0.15, 0.2) is 6.20 Å². The van der Waals surface area contributed by atoms with E-state index in [0.717, 1.165) is 43.9 Å². The van der Waals surface area contributed by atoms with Gasteiger partial charge in [-0.2, -0.15) is 0 Å². The SMILES string of the molecule is Cc1ncc(CNCCCC(=O)NC2CC2)[nH]1. The Morgan fingerprint density at radius 2 is 2.41 bits per heavy atom. The van der Waals surface area contributed by atoms with Crippen LogP contribution in [0.5, 0.6) is 0 Å².